The zero-order valence-electron chi connectivity index (χ0n) is 19.0. The Morgan fingerprint density at radius 1 is 1.09 bits per heavy atom. The Kier molecular flexibility index (Phi) is 7.33. The number of nitrogens with one attached hydrogen (secondary N) is 1. The number of aliphatic hydroxyl groups excluding tert-OH is 1. The molecule has 1 aliphatic heterocycles. The quantitative estimate of drug-likeness (QED) is 0.459. The Morgan fingerprint density at radius 3 is 2.53 bits per heavy atom. The maximum absolute atomic E-state index is 13.5. The van der Waals surface area contributed by atoms with Gasteiger partial charge in [-0.1, -0.05) is 12.2 Å². The molecule has 0 spiro atoms. The normalized spacial score (nSPS) is 14.8. The fourth-order valence-electron chi connectivity index (χ4n) is 3.85. The van der Waals surface area contributed by atoms with Gasteiger partial charge in [0.25, 0.3) is 5.95 Å². The number of halogens is 2. The number of nitrogens with zero attached hydrogens (tertiary/aromatic N) is 6. The zero-order chi connectivity index (χ0) is 24.1. The van der Waals surface area contributed by atoms with E-state index in [1.807, 2.05) is 17.9 Å². The van der Waals surface area contributed by atoms with Crippen LogP contribution in [0.25, 0.3) is 12.0 Å². The van der Waals surface area contributed by atoms with E-state index < -0.39 is 11.6 Å². The maximum atomic E-state index is 13.5. The molecule has 1 fully saturated rings. The van der Waals surface area contributed by atoms with Crippen LogP contribution in [-0.2, 0) is 0 Å². The lowest BCUT2D eigenvalue weighted by atomic mass is 10.2. The van der Waals surface area contributed by atoms with E-state index in [4.69, 9.17) is 10.8 Å². The minimum Gasteiger partial charge on any atom is -0.395 e. The fourth-order valence-corrected chi connectivity index (χ4v) is 3.85. The number of hydrogen-bond acceptors (Lipinski definition) is 8. The molecule has 3 heterocycles. The van der Waals surface area contributed by atoms with Crippen LogP contribution in [0.15, 0.2) is 36.5 Å². The highest BCUT2D eigenvalue weighted by molar-refractivity contribution is 5.53. The molecule has 4 N–H and O–H groups in total. The predicted molar refractivity (Wildman–Crippen MR) is 128 cm³/mol. The van der Waals surface area contributed by atoms with Crippen LogP contribution in [0.2, 0.25) is 0 Å². The molecule has 1 saturated heterocycles. The van der Waals surface area contributed by atoms with E-state index in [0.29, 0.717) is 42.9 Å². The van der Waals surface area contributed by atoms with Gasteiger partial charge in [-0.3, -0.25) is 4.90 Å². The Bertz CT molecular complexity index is 1140. The van der Waals surface area contributed by atoms with Gasteiger partial charge >= 0.3 is 0 Å². The molecule has 0 atom stereocenters. The highest BCUT2D eigenvalue weighted by Crippen LogP contribution is 2.20. The van der Waals surface area contributed by atoms with Crippen LogP contribution in [-0.4, -0.2) is 75.6 Å². The smallest absolute Gasteiger partial charge is 0.254 e. The van der Waals surface area contributed by atoms with Gasteiger partial charge in [-0.15, -0.1) is 0 Å². The second kappa shape index (κ2) is 10.6. The lowest BCUT2D eigenvalue weighted by Crippen LogP contribution is -2.46. The standard InChI is InChI=1S/C23H28F2N8O/c1-16-17(15-28-33(16)23-29-21(26)14-22(30-23)27-4-10-34)3-2-5-31-6-8-32(9-7-31)20-12-18(24)11-19(25)13-20/h2-3,11-15,34H,4-10H2,1H3,(H3,26,27,29,30). The summed E-state index contributed by atoms with van der Waals surface area (Å²) in [5.41, 5.74) is 8.28. The number of piperazine rings is 1. The molecule has 11 heteroatoms. The average molecular weight is 471 g/mol. The molecule has 34 heavy (non-hydrogen) atoms. The molecular weight excluding hydrogens is 442 g/mol. The Morgan fingerprint density at radius 2 is 1.82 bits per heavy atom. The van der Waals surface area contributed by atoms with Crippen molar-refractivity contribution < 1.29 is 13.9 Å². The molecule has 1 aliphatic rings. The van der Waals surface area contributed by atoms with Gasteiger partial charge in [-0.05, 0) is 19.1 Å². The Balaban J connectivity index is 1.35. The Hall–Kier alpha value is -3.57. The van der Waals surface area contributed by atoms with Gasteiger partial charge in [0, 0.05) is 62.7 Å². The second-order valence-corrected chi connectivity index (χ2v) is 8.04. The summed E-state index contributed by atoms with van der Waals surface area (Å²) in [6.07, 6.45) is 5.82. The highest BCUT2D eigenvalue weighted by Gasteiger charge is 2.17. The summed E-state index contributed by atoms with van der Waals surface area (Å²) >= 11 is 0. The first-order valence-electron chi connectivity index (χ1n) is 11.1. The van der Waals surface area contributed by atoms with E-state index in [2.05, 4.69) is 31.4 Å². The van der Waals surface area contributed by atoms with Crippen LogP contribution < -0.4 is 16.0 Å². The molecule has 0 bridgehead atoms. The number of hydrogen-bond donors (Lipinski definition) is 3. The van der Waals surface area contributed by atoms with Crippen LogP contribution in [0.4, 0.5) is 26.1 Å². The first-order valence-corrected chi connectivity index (χ1v) is 11.1. The van der Waals surface area contributed by atoms with Crippen molar-refractivity contribution in [2.45, 2.75) is 6.92 Å². The monoisotopic (exact) mass is 470 g/mol. The fraction of sp³-hybridized carbons (Fsp3) is 0.348. The van der Waals surface area contributed by atoms with Crippen LogP contribution in [0.5, 0.6) is 0 Å². The molecule has 180 valence electrons. The summed E-state index contributed by atoms with van der Waals surface area (Å²) in [6.45, 7) is 6.00. The average Bonchev–Trinajstić information content (AvgIpc) is 3.17. The molecule has 1 aromatic carbocycles. The Labute approximate surface area is 196 Å². The predicted octanol–water partition coefficient (Wildman–Crippen LogP) is 2.07. The number of aliphatic hydroxyl groups is 1. The molecule has 9 nitrogen and oxygen atoms in total. The molecular formula is C23H28F2N8O. The summed E-state index contributed by atoms with van der Waals surface area (Å²) in [5, 5.41) is 16.4. The van der Waals surface area contributed by atoms with Crippen molar-refractivity contribution in [1.29, 1.82) is 0 Å². The lowest BCUT2D eigenvalue weighted by molar-refractivity contribution is 0.284. The summed E-state index contributed by atoms with van der Waals surface area (Å²) in [4.78, 5) is 13.0. The van der Waals surface area contributed by atoms with Crippen LogP contribution in [0.1, 0.15) is 11.3 Å². The first kappa shape index (κ1) is 23.6. The minimum absolute atomic E-state index is 0.0204. The van der Waals surface area contributed by atoms with Gasteiger partial charge in [0.15, 0.2) is 0 Å². The van der Waals surface area contributed by atoms with E-state index in [1.165, 1.54) is 12.1 Å². The zero-order valence-corrected chi connectivity index (χ0v) is 19.0. The topological polar surface area (TPSA) is 108 Å². The lowest BCUT2D eigenvalue weighted by Gasteiger charge is -2.35. The SMILES string of the molecule is Cc1c(C=CCN2CCN(c3cc(F)cc(F)c3)CC2)cnn1-c1nc(N)cc(NCCO)n1. The second-order valence-electron chi connectivity index (χ2n) is 8.04. The third-order valence-corrected chi connectivity index (χ3v) is 5.64. The summed E-state index contributed by atoms with van der Waals surface area (Å²) in [5.74, 6) is 0.0544. The minimum atomic E-state index is -0.558. The molecule has 3 aromatic rings. The van der Waals surface area contributed by atoms with Crippen molar-refractivity contribution >= 4 is 23.4 Å². The molecule has 0 unspecified atom stereocenters. The van der Waals surface area contributed by atoms with Crippen molar-refractivity contribution in [2.75, 3.05) is 61.8 Å². The van der Waals surface area contributed by atoms with E-state index in [9.17, 15) is 8.78 Å². The number of aromatic nitrogens is 4. The highest BCUT2D eigenvalue weighted by atomic mass is 19.1. The van der Waals surface area contributed by atoms with Gasteiger partial charge in [-0.2, -0.15) is 15.1 Å². The number of benzene rings is 1. The maximum Gasteiger partial charge on any atom is 0.254 e. The molecule has 0 radical (unpaired) electrons. The van der Waals surface area contributed by atoms with E-state index >= 15 is 0 Å². The third kappa shape index (κ3) is 5.67. The van der Waals surface area contributed by atoms with Gasteiger partial charge in [-0.25, -0.2) is 13.5 Å². The van der Waals surface area contributed by atoms with Gasteiger partial charge in [0.05, 0.1) is 18.5 Å². The van der Waals surface area contributed by atoms with Crippen molar-refractivity contribution in [3.05, 3.63) is 59.4 Å². The summed E-state index contributed by atoms with van der Waals surface area (Å²) in [6, 6.07) is 5.23. The number of rotatable bonds is 8. The number of nitrogens with two attached hydrogens (primary N) is 1. The number of nitrogen functional groups attached to an aromatic ring is 1. The summed E-state index contributed by atoms with van der Waals surface area (Å²) in [7, 11) is 0. The van der Waals surface area contributed by atoms with Gasteiger partial charge in [0.1, 0.15) is 23.3 Å². The molecule has 4 rings (SSSR count). The van der Waals surface area contributed by atoms with Gasteiger partial charge < -0.3 is 21.1 Å². The van der Waals surface area contributed by atoms with Crippen molar-refractivity contribution in [2.24, 2.45) is 0 Å². The number of anilines is 3. The molecule has 0 aliphatic carbocycles. The van der Waals surface area contributed by atoms with Gasteiger partial charge in [0.2, 0.25) is 0 Å². The largest absolute Gasteiger partial charge is 0.395 e. The third-order valence-electron chi connectivity index (χ3n) is 5.64. The summed E-state index contributed by atoms with van der Waals surface area (Å²) < 4.78 is 28.6. The van der Waals surface area contributed by atoms with Crippen LogP contribution in [0, 0.1) is 18.6 Å². The van der Waals surface area contributed by atoms with Crippen LogP contribution >= 0.6 is 0 Å². The van der Waals surface area contributed by atoms with Crippen LogP contribution in [0.3, 0.4) is 0 Å². The molecule has 0 saturated carbocycles. The van der Waals surface area contributed by atoms with Crippen molar-refractivity contribution in [3.8, 4) is 5.95 Å². The van der Waals surface area contributed by atoms with Crippen molar-refractivity contribution in [1.82, 2.24) is 24.6 Å². The van der Waals surface area contributed by atoms with E-state index in [1.54, 1.807) is 16.9 Å². The van der Waals surface area contributed by atoms with E-state index in [0.717, 1.165) is 37.0 Å². The molecule has 0 amide bonds. The first-order chi connectivity index (χ1) is 16.4. The molecule has 2 aromatic heterocycles. The van der Waals surface area contributed by atoms with Crippen molar-refractivity contribution in [3.63, 3.8) is 0 Å². The van der Waals surface area contributed by atoms with E-state index in [-0.39, 0.29) is 6.61 Å².